The summed E-state index contributed by atoms with van der Waals surface area (Å²) in [6, 6.07) is 6.66. The molecule has 0 saturated carbocycles. The van der Waals surface area contributed by atoms with Gasteiger partial charge in [0.2, 0.25) is 0 Å². The lowest BCUT2D eigenvalue weighted by atomic mass is 10.1. The van der Waals surface area contributed by atoms with Crippen molar-refractivity contribution in [1.82, 2.24) is 0 Å². The van der Waals surface area contributed by atoms with Gasteiger partial charge in [-0.2, -0.15) is 0 Å². The minimum absolute atomic E-state index is 0.0199. The minimum Gasteiger partial charge on any atom is -0.507 e. The molecule has 0 atom stereocenters. The Morgan fingerprint density at radius 2 is 2.00 bits per heavy atom. The first kappa shape index (κ1) is 10.8. The van der Waals surface area contributed by atoms with Crippen LogP contribution in [0.2, 0.25) is 5.02 Å². The molecule has 0 aliphatic heterocycles. The van der Waals surface area contributed by atoms with Gasteiger partial charge in [-0.05, 0) is 24.3 Å². The van der Waals surface area contributed by atoms with Gasteiger partial charge in [-0.15, -0.1) is 0 Å². The van der Waals surface area contributed by atoms with Crippen molar-refractivity contribution < 1.29 is 9.90 Å². The van der Waals surface area contributed by atoms with Gasteiger partial charge in [-0.1, -0.05) is 18.5 Å². The summed E-state index contributed by atoms with van der Waals surface area (Å²) < 4.78 is 0. The molecule has 2 nitrogen and oxygen atoms in total. The summed E-state index contributed by atoms with van der Waals surface area (Å²) in [6.07, 6.45) is 1.61. The van der Waals surface area contributed by atoms with Crippen LogP contribution < -0.4 is 0 Å². The van der Waals surface area contributed by atoms with E-state index in [2.05, 4.69) is 0 Å². The van der Waals surface area contributed by atoms with Gasteiger partial charge in [0.1, 0.15) is 5.76 Å². The molecule has 1 rings (SSSR count). The van der Waals surface area contributed by atoms with E-state index in [-0.39, 0.29) is 11.5 Å². The van der Waals surface area contributed by atoms with Gasteiger partial charge in [-0.3, -0.25) is 4.79 Å². The molecule has 0 saturated heterocycles. The Labute approximate surface area is 87.8 Å². The molecule has 1 N–H and O–H groups in total. The van der Waals surface area contributed by atoms with Gasteiger partial charge < -0.3 is 5.11 Å². The van der Waals surface area contributed by atoms with E-state index in [0.29, 0.717) is 17.0 Å². The number of carbonyl (C=O) groups excluding carboxylic acids is 1. The fourth-order valence-corrected chi connectivity index (χ4v) is 1.08. The molecule has 1 aromatic rings. The second-order valence-electron chi connectivity index (χ2n) is 2.86. The van der Waals surface area contributed by atoms with Crippen LogP contribution in [0.1, 0.15) is 18.9 Å². The average molecular weight is 211 g/mol. The molecule has 0 aliphatic carbocycles. The van der Waals surface area contributed by atoms with Crippen LogP contribution >= 0.6 is 11.6 Å². The number of allylic oxidation sites excluding steroid dienone is 1. The Morgan fingerprint density at radius 1 is 1.43 bits per heavy atom. The zero-order valence-electron chi connectivity index (χ0n) is 7.83. The average Bonchev–Trinajstić information content (AvgIpc) is 2.18. The minimum atomic E-state index is -0.0996. The smallest absolute Gasteiger partial charge is 0.159 e. The van der Waals surface area contributed by atoms with Crippen molar-refractivity contribution in [3.05, 3.63) is 40.9 Å². The number of benzene rings is 1. The summed E-state index contributed by atoms with van der Waals surface area (Å²) in [5.41, 5.74) is 0.594. The summed E-state index contributed by atoms with van der Waals surface area (Å²) in [7, 11) is 0. The maximum atomic E-state index is 11.0. The molecule has 0 radical (unpaired) electrons. The monoisotopic (exact) mass is 210 g/mol. The largest absolute Gasteiger partial charge is 0.507 e. The molecule has 14 heavy (non-hydrogen) atoms. The van der Waals surface area contributed by atoms with E-state index in [1.165, 1.54) is 6.08 Å². The predicted octanol–water partition coefficient (Wildman–Crippen LogP) is 3.22. The number of rotatable bonds is 3. The van der Waals surface area contributed by atoms with Crippen LogP contribution in [0, 0.1) is 0 Å². The highest BCUT2D eigenvalue weighted by atomic mass is 35.5. The number of aliphatic hydroxyl groups is 1. The molecule has 0 bridgehead atoms. The lowest BCUT2D eigenvalue weighted by molar-refractivity contribution is -0.114. The Kier molecular flexibility index (Phi) is 3.72. The van der Waals surface area contributed by atoms with E-state index >= 15 is 0 Å². The quantitative estimate of drug-likeness (QED) is 0.615. The van der Waals surface area contributed by atoms with Gasteiger partial charge in [0.25, 0.3) is 0 Å². The van der Waals surface area contributed by atoms with Crippen molar-refractivity contribution >= 4 is 23.1 Å². The van der Waals surface area contributed by atoms with Gasteiger partial charge >= 0.3 is 0 Å². The van der Waals surface area contributed by atoms with Gasteiger partial charge in [0.05, 0.1) is 0 Å². The van der Waals surface area contributed by atoms with Crippen LogP contribution in [0.15, 0.2) is 30.3 Å². The standard InChI is InChI=1S/C11H11ClO2/c1-2-10(13)7-11(14)8-3-5-9(12)6-4-8/h3-7,14H,2H2,1H3. The predicted molar refractivity (Wildman–Crippen MR) is 57.4 cm³/mol. The molecular formula is C11H11ClO2. The van der Waals surface area contributed by atoms with Gasteiger partial charge in [-0.25, -0.2) is 0 Å². The first-order chi connectivity index (χ1) is 6.63. The van der Waals surface area contributed by atoms with E-state index in [4.69, 9.17) is 11.6 Å². The molecule has 0 spiro atoms. The summed E-state index contributed by atoms with van der Waals surface area (Å²) >= 11 is 5.68. The number of ketones is 1. The van der Waals surface area contributed by atoms with Crippen molar-refractivity contribution in [2.45, 2.75) is 13.3 Å². The van der Waals surface area contributed by atoms with Gasteiger partial charge in [0, 0.05) is 23.1 Å². The Hall–Kier alpha value is -1.28. The number of carbonyl (C=O) groups is 1. The summed E-state index contributed by atoms with van der Waals surface area (Å²) in [5.74, 6) is -0.119. The fourth-order valence-electron chi connectivity index (χ4n) is 0.959. The Morgan fingerprint density at radius 3 is 2.50 bits per heavy atom. The van der Waals surface area contributed by atoms with Crippen molar-refractivity contribution in [3.8, 4) is 0 Å². The lowest BCUT2D eigenvalue weighted by Gasteiger charge is -1.99. The third-order valence-electron chi connectivity index (χ3n) is 1.79. The SMILES string of the molecule is CCC(=O)C=C(O)c1ccc(Cl)cc1. The normalized spacial score (nSPS) is 11.4. The first-order valence-electron chi connectivity index (χ1n) is 4.33. The maximum absolute atomic E-state index is 11.0. The van der Waals surface area contributed by atoms with Crippen LogP contribution in [0.25, 0.3) is 5.76 Å². The second kappa shape index (κ2) is 4.82. The number of hydrogen-bond donors (Lipinski definition) is 1. The topological polar surface area (TPSA) is 37.3 Å². The summed E-state index contributed by atoms with van der Waals surface area (Å²) in [6.45, 7) is 1.74. The van der Waals surface area contributed by atoms with E-state index in [1.807, 2.05) is 0 Å². The Bertz CT molecular complexity index is 352. The fraction of sp³-hybridized carbons (Fsp3) is 0.182. The number of halogens is 1. The van der Waals surface area contributed by atoms with E-state index < -0.39 is 0 Å². The molecule has 0 fully saturated rings. The molecular weight excluding hydrogens is 200 g/mol. The lowest BCUT2D eigenvalue weighted by Crippen LogP contribution is -1.91. The van der Waals surface area contributed by atoms with Crippen LogP contribution in [0.4, 0.5) is 0 Å². The summed E-state index contributed by atoms with van der Waals surface area (Å²) in [5, 5.41) is 10.1. The van der Waals surface area contributed by atoms with Crippen molar-refractivity contribution in [2.24, 2.45) is 0 Å². The molecule has 0 amide bonds. The van der Waals surface area contributed by atoms with Crippen LogP contribution in [0.3, 0.4) is 0 Å². The molecule has 0 heterocycles. The molecule has 0 aliphatic rings. The van der Waals surface area contributed by atoms with Crippen LogP contribution in [-0.4, -0.2) is 10.9 Å². The van der Waals surface area contributed by atoms with Crippen LogP contribution in [0.5, 0.6) is 0 Å². The Balaban J connectivity index is 2.89. The molecule has 0 aromatic heterocycles. The van der Waals surface area contributed by atoms with Gasteiger partial charge in [0.15, 0.2) is 5.78 Å². The van der Waals surface area contributed by atoms with Crippen molar-refractivity contribution in [2.75, 3.05) is 0 Å². The third-order valence-corrected chi connectivity index (χ3v) is 2.04. The third kappa shape index (κ3) is 2.89. The molecule has 74 valence electrons. The highest BCUT2D eigenvalue weighted by Crippen LogP contribution is 2.15. The highest BCUT2D eigenvalue weighted by Gasteiger charge is 2.01. The highest BCUT2D eigenvalue weighted by molar-refractivity contribution is 6.30. The molecule has 1 aromatic carbocycles. The van der Waals surface area contributed by atoms with Crippen molar-refractivity contribution in [1.29, 1.82) is 0 Å². The van der Waals surface area contributed by atoms with E-state index in [9.17, 15) is 9.90 Å². The molecule has 3 heteroatoms. The summed E-state index contributed by atoms with van der Waals surface area (Å²) in [4.78, 5) is 11.0. The zero-order chi connectivity index (χ0) is 10.6. The van der Waals surface area contributed by atoms with E-state index in [0.717, 1.165) is 0 Å². The first-order valence-corrected chi connectivity index (χ1v) is 4.70. The van der Waals surface area contributed by atoms with Crippen molar-refractivity contribution in [3.63, 3.8) is 0 Å². The number of aliphatic hydroxyl groups excluding tert-OH is 1. The second-order valence-corrected chi connectivity index (χ2v) is 3.29. The zero-order valence-corrected chi connectivity index (χ0v) is 8.58. The van der Waals surface area contributed by atoms with Crippen LogP contribution in [-0.2, 0) is 4.79 Å². The maximum Gasteiger partial charge on any atom is 0.159 e. The molecule has 0 unspecified atom stereocenters. The van der Waals surface area contributed by atoms with E-state index in [1.54, 1.807) is 31.2 Å². The number of hydrogen-bond acceptors (Lipinski definition) is 2.